The third-order valence-electron chi connectivity index (χ3n) is 10.7. The summed E-state index contributed by atoms with van der Waals surface area (Å²) in [6.07, 6.45) is 6.61. The summed E-state index contributed by atoms with van der Waals surface area (Å²) in [5.74, 6) is 1.13. The highest BCUT2D eigenvalue weighted by Gasteiger charge is 2.58. The van der Waals surface area contributed by atoms with Gasteiger partial charge in [0, 0.05) is 57.4 Å². The van der Waals surface area contributed by atoms with Gasteiger partial charge in [0.15, 0.2) is 9.84 Å². The maximum absolute atomic E-state index is 14.2. The molecule has 3 saturated heterocycles. The Bertz CT molecular complexity index is 1530. The number of carbonyl (C=O) groups is 3. The van der Waals surface area contributed by atoms with Crippen LogP contribution in [0.25, 0.3) is 0 Å². The number of hydrogen-bond donors (Lipinski definition) is 0. The lowest BCUT2D eigenvalue weighted by molar-refractivity contribution is -0.136. The number of nitrogens with zero attached hydrogens (tertiary/aromatic N) is 4. The van der Waals surface area contributed by atoms with E-state index in [1.807, 2.05) is 11.0 Å². The number of imide groups is 1. The molecule has 9 nitrogen and oxygen atoms in total. The number of sulfone groups is 1. The van der Waals surface area contributed by atoms with Gasteiger partial charge in [-0.25, -0.2) is 13.2 Å². The van der Waals surface area contributed by atoms with Crippen molar-refractivity contribution in [2.24, 2.45) is 17.8 Å². The first-order chi connectivity index (χ1) is 22.0. The highest BCUT2D eigenvalue weighted by atomic mass is 32.2. The molecule has 0 N–H and O–H groups in total. The van der Waals surface area contributed by atoms with Crippen molar-refractivity contribution in [3.05, 3.63) is 65.7 Å². The van der Waals surface area contributed by atoms with Gasteiger partial charge in [-0.1, -0.05) is 69.2 Å². The fourth-order valence-electron chi connectivity index (χ4n) is 8.23. The smallest absolute Gasteiger partial charge is 0.327 e. The van der Waals surface area contributed by atoms with Crippen LogP contribution in [-0.4, -0.2) is 96.9 Å². The Hall–Kier alpha value is -3.24. The molecule has 3 heterocycles. The second kappa shape index (κ2) is 13.1. The van der Waals surface area contributed by atoms with E-state index in [4.69, 9.17) is 0 Å². The van der Waals surface area contributed by atoms with Gasteiger partial charge in [-0.15, -0.1) is 0 Å². The molecule has 2 aromatic carbocycles. The van der Waals surface area contributed by atoms with E-state index in [-0.39, 0.29) is 41.1 Å². The molecule has 2 aromatic rings. The zero-order chi connectivity index (χ0) is 32.6. The maximum Gasteiger partial charge on any atom is 0.327 e. The largest absolute Gasteiger partial charge is 0.341 e. The molecule has 0 radical (unpaired) electrons. The molecule has 1 saturated carbocycles. The number of rotatable bonds is 9. The van der Waals surface area contributed by atoms with E-state index < -0.39 is 15.4 Å². The zero-order valence-electron chi connectivity index (χ0n) is 27.4. The van der Waals surface area contributed by atoms with E-state index in [0.29, 0.717) is 44.3 Å². The van der Waals surface area contributed by atoms with Crippen LogP contribution >= 0.6 is 0 Å². The van der Waals surface area contributed by atoms with Crippen LogP contribution in [0, 0.1) is 17.8 Å². The lowest BCUT2D eigenvalue weighted by Gasteiger charge is -2.43. The average Bonchev–Trinajstić information content (AvgIpc) is 3.76. The molecule has 0 aromatic heterocycles. The first-order valence-electron chi connectivity index (χ1n) is 16.9. The summed E-state index contributed by atoms with van der Waals surface area (Å²) in [6, 6.07) is 16.7. The number of hydrogen-bond acceptors (Lipinski definition) is 6. The van der Waals surface area contributed by atoms with Crippen LogP contribution in [-0.2, 0) is 26.0 Å². The monoisotopic (exact) mass is 648 g/mol. The second-order valence-corrected chi connectivity index (χ2v) is 16.4. The van der Waals surface area contributed by atoms with Gasteiger partial charge >= 0.3 is 6.03 Å². The van der Waals surface area contributed by atoms with E-state index in [9.17, 15) is 22.8 Å². The van der Waals surface area contributed by atoms with Crippen molar-refractivity contribution in [3.8, 4) is 0 Å². The summed E-state index contributed by atoms with van der Waals surface area (Å²) in [4.78, 5) is 49.4. The number of benzene rings is 2. The quantitative estimate of drug-likeness (QED) is 0.363. The molecule has 1 aliphatic carbocycles. The molecule has 46 heavy (non-hydrogen) atoms. The third-order valence-corrected chi connectivity index (χ3v) is 11.9. The third kappa shape index (κ3) is 6.47. The van der Waals surface area contributed by atoms with Crippen LogP contribution in [0.15, 0.2) is 59.5 Å². The molecule has 4 aliphatic rings. The summed E-state index contributed by atoms with van der Waals surface area (Å²) in [5.41, 5.74) is 1.13. The maximum atomic E-state index is 14.2. The first kappa shape index (κ1) is 32.7. The van der Waals surface area contributed by atoms with Crippen molar-refractivity contribution in [1.29, 1.82) is 0 Å². The first-order valence-corrected chi connectivity index (χ1v) is 18.8. The van der Waals surface area contributed by atoms with Gasteiger partial charge in [0.05, 0.1) is 11.4 Å². The predicted octanol–water partition coefficient (Wildman–Crippen LogP) is 4.78. The summed E-state index contributed by atoms with van der Waals surface area (Å²) in [7, 11) is -3.34. The number of carbonyl (C=O) groups excluding carboxylic acids is 3. The van der Waals surface area contributed by atoms with Gasteiger partial charge in [0.2, 0.25) is 5.91 Å². The number of urea groups is 1. The van der Waals surface area contributed by atoms with Gasteiger partial charge in [0.25, 0.3) is 5.91 Å². The molecule has 6 rings (SSSR count). The van der Waals surface area contributed by atoms with Crippen LogP contribution in [0.3, 0.4) is 0 Å². The standard InChI is InChI=1S/C36H48N4O5S/c1-26(2)21-40-35(43)39(22-27-13-15-31(16-14-27)46(3,44)45)34(42)36(40)17-19-37(20-18-36)23-30-24-38(33(41)29-11-7-8-12-29)25-32(30)28-9-5-4-6-10-28/h4-6,9-10,13-16,26,29-30,32H,7-8,11-12,17-25H2,1-3H3/t30-,32+/m0/s1. The summed E-state index contributed by atoms with van der Waals surface area (Å²) >= 11 is 0. The Morgan fingerprint density at radius 1 is 0.935 bits per heavy atom. The Morgan fingerprint density at radius 2 is 1.59 bits per heavy atom. The Labute approximate surface area is 273 Å². The molecule has 3 aliphatic heterocycles. The Morgan fingerprint density at radius 3 is 2.20 bits per heavy atom. The number of piperidine rings is 1. The van der Waals surface area contributed by atoms with E-state index in [2.05, 4.69) is 47.9 Å². The van der Waals surface area contributed by atoms with Crippen LogP contribution < -0.4 is 0 Å². The van der Waals surface area contributed by atoms with Crippen molar-refractivity contribution < 1.29 is 22.8 Å². The minimum atomic E-state index is -3.34. The topological polar surface area (TPSA) is 98.3 Å². The summed E-state index contributed by atoms with van der Waals surface area (Å²) < 4.78 is 23.8. The molecular formula is C36H48N4O5S. The van der Waals surface area contributed by atoms with Crippen LogP contribution in [0.4, 0.5) is 4.79 Å². The number of amides is 4. The molecule has 0 unspecified atom stereocenters. The predicted molar refractivity (Wildman–Crippen MR) is 177 cm³/mol. The molecule has 2 atom stereocenters. The van der Waals surface area contributed by atoms with Crippen LogP contribution in [0.1, 0.15) is 69.4 Å². The summed E-state index contributed by atoms with van der Waals surface area (Å²) in [6.45, 7) is 8.55. The molecule has 4 fully saturated rings. The molecule has 248 valence electrons. The molecule has 4 amide bonds. The average molecular weight is 649 g/mol. The van der Waals surface area contributed by atoms with Gasteiger partial charge in [-0.2, -0.15) is 0 Å². The highest BCUT2D eigenvalue weighted by molar-refractivity contribution is 7.90. The highest BCUT2D eigenvalue weighted by Crippen LogP contribution is 2.41. The van der Waals surface area contributed by atoms with Crippen molar-refractivity contribution >= 4 is 27.7 Å². The molecule has 10 heteroatoms. The zero-order valence-corrected chi connectivity index (χ0v) is 28.3. The lowest BCUT2D eigenvalue weighted by atomic mass is 9.83. The van der Waals surface area contributed by atoms with Crippen molar-refractivity contribution in [2.75, 3.05) is 45.5 Å². The minimum Gasteiger partial charge on any atom is -0.341 e. The van der Waals surface area contributed by atoms with E-state index in [1.54, 1.807) is 12.1 Å². The minimum absolute atomic E-state index is 0.119. The fourth-order valence-corrected chi connectivity index (χ4v) is 8.86. The second-order valence-electron chi connectivity index (χ2n) is 14.4. The van der Waals surface area contributed by atoms with E-state index >= 15 is 0 Å². The van der Waals surface area contributed by atoms with Crippen molar-refractivity contribution in [2.45, 2.75) is 75.3 Å². The van der Waals surface area contributed by atoms with Gasteiger partial charge in [0.1, 0.15) is 5.54 Å². The molecule has 0 bridgehead atoms. The van der Waals surface area contributed by atoms with Gasteiger partial charge in [-0.3, -0.25) is 14.5 Å². The molecular weight excluding hydrogens is 600 g/mol. The van der Waals surface area contributed by atoms with Crippen LogP contribution in [0.5, 0.6) is 0 Å². The normalized spacial score (nSPS) is 24.2. The van der Waals surface area contributed by atoms with Crippen molar-refractivity contribution in [1.82, 2.24) is 19.6 Å². The SMILES string of the molecule is CC(C)CN1C(=O)N(Cc2ccc(S(C)(=O)=O)cc2)C(=O)C12CCN(C[C@H]1CN(C(=O)C3CCCC3)C[C@@H]1c1ccccc1)CC2. The Balaban J connectivity index is 1.16. The van der Waals surface area contributed by atoms with Gasteiger partial charge in [-0.05, 0) is 60.8 Å². The van der Waals surface area contributed by atoms with Crippen molar-refractivity contribution in [3.63, 3.8) is 0 Å². The molecule has 1 spiro atoms. The fraction of sp³-hybridized carbons (Fsp3) is 0.583. The van der Waals surface area contributed by atoms with Gasteiger partial charge < -0.3 is 14.7 Å². The van der Waals surface area contributed by atoms with Crippen LogP contribution in [0.2, 0.25) is 0 Å². The lowest BCUT2D eigenvalue weighted by Crippen LogP contribution is -2.57. The summed E-state index contributed by atoms with van der Waals surface area (Å²) in [5, 5.41) is 0. The Kier molecular flexibility index (Phi) is 9.31. The number of likely N-dealkylation sites (tertiary alicyclic amines) is 2. The van der Waals surface area contributed by atoms with E-state index in [1.165, 1.54) is 22.6 Å². The van der Waals surface area contributed by atoms with E-state index in [0.717, 1.165) is 57.1 Å².